The highest BCUT2D eigenvalue weighted by molar-refractivity contribution is 5.79. The van der Waals surface area contributed by atoms with Crippen molar-refractivity contribution in [3.63, 3.8) is 0 Å². The molecule has 0 spiro atoms. The predicted octanol–water partition coefficient (Wildman–Crippen LogP) is 1.55. The number of carbonyl (C=O) groups is 2. The number of nitrogens with zero attached hydrogens (tertiary/aromatic N) is 1. The molecule has 0 aromatic carbocycles. The second-order valence-electron chi connectivity index (χ2n) is 6.95. The normalized spacial score (nSPS) is 40.1. The second kappa shape index (κ2) is 5.83. The summed E-state index contributed by atoms with van der Waals surface area (Å²) in [5, 5.41) is 12.2. The van der Waals surface area contributed by atoms with Crippen molar-refractivity contribution in [1.29, 1.82) is 0 Å². The minimum Gasteiger partial charge on any atom is -0.481 e. The Morgan fingerprint density at radius 1 is 1.33 bits per heavy atom. The van der Waals surface area contributed by atoms with Gasteiger partial charge in [0.05, 0.1) is 19.3 Å². The number of carboxylic acids is 1. The molecule has 2 amide bonds. The highest BCUT2D eigenvalue weighted by atomic mass is 16.5. The summed E-state index contributed by atoms with van der Waals surface area (Å²) in [5.41, 5.74) is -1.05. The molecule has 2 fully saturated rings. The quantitative estimate of drug-likeness (QED) is 0.811. The summed E-state index contributed by atoms with van der Waals surface area (Å²) in [4.78, 5) is 25.8. The zero-order valence-corrected chi connectivity index (χ0v) is 13.3. The maximum Gasteiger partial charge on any atom is 0.317 e. The number of nitrogens with one attached hydrogen (secondary N) is 1. The van der Waals surface area contributed by atoms with Crippen LogP contribution in [0.15, 0.2) is 0 Å². The van der Waals surface area contributed by atoms with E-state index < -0.39 is 17.4 Å². The molecule has 2 aliphatic rings. The molecule has 2 heterocycles. The van der Waals surface area contributed by atoms with E-state index >= 15 is 0 Å². The fraction of sp³-hybridized carbons (Fsp3) is 0.867. The second-order valence-corrected chi connectivity index (χ2v) is 6.95. The molecule has 2 N–H and O–H groups in total. The first kappa shape index (κ1) is 16.1. The number of piperidine rings is 1. The number of amides is 2. The van der Waals surface area contributed by atoms with Crippen molar-refractivity contribution in [3.8, 4) is 0 Å². The summed E-state index contributed by atoms with van der Waals surface area (Å²) < 4.78 is 5.28. The molecule has 21 heavy (non-hydrogen) atoms. The molecule has 2 saturated heterocycles. The van der Waals surface area contributed by atoms with Crippen LogP contribution in [0, 0.1) is 17.3 Å². The maximum atomic E-state index is 12.5. The topological polar surface area (TPSA) is 78.9 Å². The van der Waals surface area contributed by atoms with E-state index in [4.69, 9.17) is 4.74 Å². The first-order valence-electron chi connectivity index (χ1n) is 7.64. The fourth-order valence-electron chi connectivity index (χ4n) is 3.30. The Hall–Kier alpha value is -1.30. The van der Waals surface area contributed by atoms with Crippen LogP contribution in [0.3, 0.4) is 0 Å². The fourth-order valence-corrected chi connectivity index (χ4v) is 3.30. The maximum absolute atomic E-state index is 12.5. The van der Waals surface area contributed by atoms with Crippen LogP contribution in [0.25, 0.3) is 0 Å². The van der Waals surface area contributed by atoms with E-state index in [2.05, 4.69) is 26.1 Å². The molecule has 0 aromatic heterocycles. The molecule has 5 atom stereocenters. The van der Waals surface area contributed by atoms with E-state index in [9.17, 15) is 14.7 Å². The Morgan fingerprint density at radius 3 is 2.62 bits per heavy atom. The minimum absolute atomic E-state index is 0.135. The molecule has 2 aliphatic heterocycles. The lowest BCUT2D eigenvalue weighted by atomic mass is 9.85. The summed E-state index contributed by atoms with van der Waals surface area (Å²) in [5.74, 6) is -0.0171. The summed E-state index contributed by atoms with van der Waals surface area (Å²) in [6.07, 6.45) is 1.12. The Morgan fingerprint density at radius 2 is 2.00 bits per heavy atom. The molecule has 0 bridgehead atoms. The van der Waals surface area contributed by atoms with E-state index in [1.165, 1.54) is 0 Å². The van der Waals surface area contributed by atoms with Gasteiger partial charge in [0.25, 0.3) is 0 Å². The van der Waals surface area contributed by atoms with Crippen molar-refractivity contribution in [1.82, 2.24) is 10.2 Å². The molecule has 5 unspecified atom stereocenters. The van der Waals surface area contributed by atoms with Gasteiger partial charge in [-0.3, -0.25) is 4.79 Å². The lowest BCUT2D eigenvalue weighted by molar-refractivity contribution is -0.148. The zero-order valence-electron chi connectivity index (χ0n) is 13.3. The average Bonchev–Trinajstić information content (AvgIpc) is 2.76. The van der Waals surface area contributed by atoms with Gasteiger partial charge in [0.2, 0.25) is 0 Å². The Kier molecular flexibility index (Phi) is 4.46. The third-order valence-corrected chi connectivity index (χ3v) is 5.10. The molecule has 0 aliphatic carbocycles. The van der Waals surface area contributed by atoms with Gasteiger partial charge >= 0.3 is 12.0 Å². The van der Waals surface area contributed by atoms with Gasteiger partial charge < -0.3 is 20.1 Å². The first-order valence-corrected chi connectivity index (χ1v) is 7.64. The van der Waals surface area contributed by atoms with E-state index in [1.54, 1.807) is 6.92 Å². The van der Waals surface area contributed by atoms with Crippen molar-refractivity contribution < 1.29 is 19.4 Å². The minimum atomic E-state index is -1.05. The molecule has 6 heteroatoms. The Labute approximate surface area is 125 Å². The van der Waals surface area contributed by atoms with Gasteiger partial charge in [-0.25, -0.2) is 4.79 Å². The number of hydrogen-bond donors (Lipinski definition) is 2. The summed E-state index contributed by atoms with van der Waals surface area (Å²) in [6, 6.07) is -0.495. The highest BCUT2D eigenvalue weighted by Gasteiger charge is 2.48. The van der Waals surface area contributed by atoms with Crippen molar-refractivity contribution in [2.45, 2.75) is 46.2 Å². The van der Waals surface area contributed by atoms with Crippen LogP contribution in [-0.2, 0) is 9.53 Å². The average molecular weight is 298 g/mol. The smallest absolute Gasteiger partial charge is 0.317 e. The van der Waals surface area contributed by atoms with Crippen LogP contribution in [0.2, 0.25) is 0 Å². The molecular weight excluding hydrogens is 272 g/mol. The molecular formula is C15H26N2O4. The molecule has 2 rings (SSSR count). The molecule has 6 nitrogen and oxygen atoms in total. The lowest BCUT2D eigenvalue weighted by Crippen LogP contribution is -2.58. The Balaban J connectivity index is 2.05. The van der Waals surface area contributed by atoms with Gasteiger partial charge in [-0.2, -0.15) is 0 Å². The molecule has 0 aromatic rings. The number of rotatable bonds is 2. The van der Waals surface area contributed by atoms with Gasteiger partial charge in [-0.15, -0.1) is 0 Å². The van der Waals surface area contributed by atoms with Crippen LogP contribution < -0.4 is 5.32 Å². The SMILES string of the molecule is CC1CC(C)C(C)N(C(=O)NC2COCC2(C)C(=O)O)C1. The third kappa shape index (κ3) is 3.00. The van der Waals surface area contributed by atoms with Crippen LogP contribution in [0.5, 0.6) is 0 Å². The van der Waals surface area contributed by atoms with Crippen molar-refractivity contribution >= 4 is 12.0 Å². The van der Waals surface area contributed by atoms with Crippen molar-refractivity contribution in [2.75, 3.05) is 19.8 Å². The van der Waals surface area contributed by atoms with Crippen LogP contribution in [-0.4, -0.2) is 53.8 Å². The molecule has 0 saturated carbocycles. The van der Waals surface area contributed by atoms with Crippen LogP contribution in [0.4, 0.5) is 4.79 Å². The number of carbonyl (C=O) groups excluding carboxylic acids is 1. The number of likely N-dealkylation sites (tertiary alicyclic amines) is 1. The monoisotopic (exact) mass is 298 g/mol. The number of hydrogen-bond acceptors (Lipinski definition) is 3. The van der Waals surface area contributed by atoms with Crippen molar-refractivity contribution in [3.05, 3.63) is 0 Å². The van der Waals surface area contributed by atoms with E-state index in [0.29, 0.717) is 18.4 Å². The molecule has 0 radical (unpaired) electrons. The predicted molar refractivity (Wildman–Crippen MR) is 78.0 cm³/mol. The number of carboxylic acid groups (broad SMARTS) is 1. The summed E-state index contributed by atoms with van der Waals surface area (Å²) in [6.45, 7) is 9.07. The lowest BCUT2D eigenvalue weighted by Gasteiger charge is -2.42. The van der Waals surface area contributed by atoms with E-state index in [1.807, 2.05) is 4.90 Å². The van der Waals surface area contributed by atoms with Gasteiger partial charge in [0, 0.05) is 12.6 Å². The zero-order chi connectivity index (χ0) is 15.8. The van der Waals surface area contributed by atoms with Crippen molar-refractivity contribution in [2.24, 2.45) is 17.3 Å². The van der Waals surface area contributed by atoms with Gasteiger partial charge in [0.1, 0.15) is 5.41 Å². The standard InChI is InChI=1S/C15H26N2O4/c1-9-5-10(2)11(3)17(6-9)14(20)16-12-7-21-8-15(12,4)13(18)19/h9-12H,5-8H2,1-4H3,(H,16,20)(H,18,19). The number of ether oxygens (including phenoxy) is 1. The Bertz CT molecular complexity index is 428. The van der Waals surface area contributed by atoms with Crippen LogP contribution in [0.1, 0.15) is 34.1 Å². The van der Waals surface area contributed by atoms with Crippen LogP contribution >= 0.6 is 0 Å². The van der Waals surface area contributed by atoms with Gasteiger partial charge in [-0.05, 0) is 32.1 Å². The summed E-state index contributed by atoms with van der Waals surface area (Å²) >= 11 is 0. The molecule has 120 valence electrons. The van der Waals surface area contributed by atoms with Gasteiger partial charge in [-0.1, -0.05) is 13.8 Å². The third-order valence-electron chi connectivity index (χ3n) is 5.10. The van der Waals surface area contributed by atoms with E-state index in [0.717, 1.165) is 6.42 Å². The summed E-state index contributed by atoms with van der Waals surface area (Å²) in [7, 11) is 0. The van der Waals surface area contributed by atoms with Gasteiger partial charge in [0.15, 0.2) is 0 Å². The van der Waals surface area contributed by atoms with E-state index in [-0.39, 0.29) is 25.3 Å². The number of urea groups is 1. The number of aliphatic carboxylic acids is 1. The largest absolute Gasteiger partial charge is 0.481 e. The highest BCUT2D eigenvalue weighted by Crippen LogP contribution is 2.30. The first-order chi connectivity index (χ1) is 9.75.